The number of rotatable bonds is 4. The van der Waals surface area contributed by atoms with Gasteiger partial charge in [0.25, 0.3) is 0 Å². The summed E-state index contributed by atoms with van der Waals surface area (Å²) in [6.07, 6.45) is 0. The maximum Gasteiger partial charge on any atom is 0.335 e. The Kier molecular flexibility index (Phi) is 4.30. The first-order valence-corrected chi connectivity index (χ1v) is 6.65. The summed E-state index contributed by atoms with van der Waals surface area (Å²) in [5.74, 6) is -0.972. The minimum Gasteiger partial charge on any atom is -0.478 e. The molecule has 4 heteroatoms. The van der Waals surface area contributed by atoms with Crippen LogP contribution in [0.25, 0.3) is 0 Å². The van der Waals surface area contributed by atoms with E-state index < -0.39 is 5.97 Å². The van der Waals surface area contributed by atoms with Crippen LogP contribution in [-0.2, 0) is 6.54 Å². The summed E-state index contributed by atoms with van der Waals surface area (Å²) in [6, 6.07) is 12.9. The number of benzene rings is 2. The van der Waals surface area contributed by atoms with Crippen molar-refractivity contribution in [1.29, 1.82) is 0 Å². The number of halogens is 1. The lowest BCUT2D eigenvalue weighted by atomic mass is 10.1. The summed E-state index contributed by atoms with van der Waals surface area (Å²) in [4.78, 5) is 12.9. The molecule has 0 amide bonds. The van der Waals surface area contributed by atoms with Crippen molar-refractivity contribution in [2.24, 2.45) is 0 Å². The predicted molar refractivity (Wildman–Crippen MR) is 81.7 cm³/mol. The van der Waals surface area contributed by atoms with Crippen molar-refractivity contribution < 1.29 is 9.90 Å². The zero-order valence-electron chi connectivity index (χ0n) is 11.4. The van der Waals surface area contributed by atoms with Crippen molar-refractivity contribution in [3.63, 3.8) is 0 Å². The van der Waals surface area contributed by atoms with Gasteiger partial charge < -0.3 is 10.0 Å². The summed E-state index contributed by atoms with van der Waals surface area (Å²) in [7, 11) is 1.94. The van der Waals surface area contributed by atoms with Gasteiger partial charge in [-0.15, -0.1) is 0 Å². The second-order valence-corrected chi connectivity index (χ2v) is 5.16. The third kappa shape index (κ3) is 3.11. The average molecular weight is 290 g/mol. The summed E-state index contributed by atoms with van der Waals surface area (Å²) in [5.41, 5.74) is 3.45. The molecule has 0 atom stereocenters. The van der Waals surface area contributed by atoms with Crippen LogP contribution in [0.3, 0.4) is 0 Å². The van der Waals surface area contributed by atoms with Gasteiger partial charge in [-0.3, -0.25) is 0 Å². The molecular weight excluding hydrogens is 274 g/mol. The zero-order chi connectivity index (χ0) is 14.7. The fourth-order valence-corrected chi connectivity index (χ4v) is 2.40. The minimum atomic E-state index is -0.972. The molecule has 0 bridgehead atoms. The summed E-state index contributed by atoms with van der Waals surface area (Å²) in [6.45, 7) is 2.79. The lowest BCUT2D eigenvalue weighted by Gasteiger charge is -2.22. The molecule has 0 aliphatic carbocycles. The van der Waals surface area contributed by atoms with E-state index in [0.717, 1.165) is 12.2 Å². The van der Waals surface area contributed by atoms with Crippen LogP contribution < -0.4 is 4.90 Å². The van der Waals surface area contributed by atoms with E-state index in [9.17, 15) is 4.79 Å². The molecule has 104 valence electrons. The fraction of sp³-hybridized carbons (Fsp3) is 0.188. The molecule has 0 radical (unpaired) electrons. The monoisotopic (exact) mass is 289 g/mol. The van der Waals surface area contributed by atoms with E-state index >= 15 is 0 Å². The predicted octanol–water partition coefficient (Wildman–Crippen LogP) is 3.98. The molecule has 0 aliphatic heterocycles. The number of aryl methyl sites for hydroxylation is 1. The number of nitrogens with zero attached hydrogens (tertiary/aromatic N) is 1. The Labute approximate surface area is 123 Å². The van der Waals surface area contributed by atoms with Crippen LogP contribution in [0.1, 0.15) is 21.5 Å². The van der Waals surface area contributed by atoms with E-state index in [1.807, 2.05) is 24.1 Å². The third-order valence-corrected chi connectivity index (χ3v) is 3.58. The van der Waals surface area contributed by atoms with E-state index in [4.69, 9.17) is 16.7 Å². The number of hydrogen-bond acceptors (Lipinski definition) is 2. The highest BCUT2D eigenvalue weighted by Gasteiger charge is 2.11. The first-order valence-electron chi connectivity index (χ1n) is 6.27. The molecule has 2 rings (SSSR count). The Hall–Kier alpha value is -2.00. The van der Waals surface area contributed by atoms with E-state index in [1.54, 1.807) is 12.1 Å². The molecule has 2 aromatic carbocycles. The Morgan fingerprint density at radius 3 is 2.55 bits per heavy atom. The number of carboxylic acids is 1. The maximum absolute atomic E-state index is 10.9. The molecule has 0 aliphatic rings. The van der Waals surface area contributed by atoms with Gasteiger partial charge in [-0.25, -0.2) is 4.79 Å². The smallest absolute Gasteiger partial charge is 0.335 e. The highest BCUT2D eigenvalue weighted by molar-refractivity contribution is 6.33. The van der Waals surface area contributed by atoms with Gasteiger partial charge in [0.05, 0.1) is 16.3 Å². The van der Waals surface area contributed by atoms with Crippen molar-refractivity contribution in [2.45, 2.75) is 13.5 Å². The number of carbonyl (C=O) groups is 1. The Morgan fingerprint density at radius 1 is 1.25 bits per heavy atom. The summed E-state index contributed by atoms with van der Waals surface area (Å²) < 4.78 is 0. The lowest BCUT2D eigenvalue weighted by Crippen LogP contribution is -2.17. The molecule has 0 unspecified atom stereocenters. The van der Waals surface area contributed by atoms with Crippen LogP contribution in [0.2, 0.25) is 5.02 Å². The maximum atomic E-state index is 10.9. The number of hydrogen-bond donors (Lipinski definition) is 1. The first-order chi connectivity index (χ1) is 9.49. The van der Waals surface area contributed by atoms with Crippen LogP contribution in [0.4, 0.5) is 5.69 Å². The van der Waals surface area contributed by atoms with Crippen LogP contribution in [0.5, 0.6) is 0 Å². The molecule has 0 spiro atoms. The third-order valence-electron chi connectivity index (χ3n) is 3.27. The number of anilines is 1. The van der Waals surface area contributed by atoms with Gasteiger partial charge in [0.1, 0.15) is 0 Å². The second kappa shape index (κ2) is 5.97. The molecule has 0 aromatic heterocycles. The van der Waals surface area contributed by atoms with Gasteiger partial charge >= 0.3 is 5.97 Å². The molecule has 0 heterocycles. The van der Waals surface area contributed by atoms with Crippen LogP contribution in [-0.4, -0.2) is 18.1 Å². The van der Waals surface area contributed by atoms with Crippen molar-refractivity contribution in [2.75, 3.05) is 11.9 Å². The Morgan fingerprint density at radius 2 is 1.95 bits per heavy atom. The summed E-state index contributed by atoms with van der Waals surface area (Å²) >= 11 is 6.17. The van der Waals surface area contributed by atoms with Crippen molar-refractivity contribution in [3.8, 4) is 0 Å². The standard InChI is InChI=1S/C16H16ClNO2/c1-11-5-3-4-6-13(11)10-18(2)15-8-7-12(16(19)20)9-14(15)17/h3-9H,10H2,1-2H3,(H,19,20). The van der Waals surface area contributed by atoms with Gasteiger partial charge in [-0.1, -0.05) is 35.9 Å². The highest BCUT2D eigenvalue weighted by atomic mass is 35.5. The molecule has 3 nitrogen and oxygen atoms in total. The van der Waals surface area contributed by atoms with Crippen LogP contribution in [0, 0.1) is 6.92 Å². The molecular formula is C16H16ClNO2. The van der Waals surface area contributed by atoms with E-state index in [-0.39, 0.29) is 5.56 Å². The Bertz CT molecular complexity index is 640. The van der Waals surface area contributed by atoms with Crippen molar-refractivity contribution in [3.05, 3.63) is 64.2 Å². The van der Waals surface area contributed by atoms with E-state index in [1.165, 1.54) is 17.2 Å². The van der Waals surface area contributed by atoms with Gasteiger partial charge in [-0.05, 0) is 36.2 Å². The van der Waals surface area contributed by atoms with Crippen molar-refractivity contribution in [1.82, 2.24) is 0 Å². The molecule has 0 saturated carbocycles. The molecule has 20 heavy (non-hydrogen) atoms. The second-order valence-electron chi connectivity index (χ2n) is 4.75. The quantitative estimate of drug-likeness (QED) is 0.925. The number of aromatic carboxylic acids is 1. The molecule has 0 saturated heterocycles. The van der Waals surface area contributed by atoms with Crippen molar-refractivity contribution >= 4 is 23.3 Å². The largest absolute Gasteiger partial charge is 0.478 e. The zero-order valence-corrected chi connectivity index (χ0v) is 12.2. The normalized spacial score (nSPS) is 10.3. The molecule has 0 fully saturated rings. The highest BCUT2D eigenvalue weighted by Crippen LogP contribution is 2.27. The van der Waals surface area contributed by atoms with Gasteiger partial charge in [0.2, 0.25) is 0 Å². The van der Waals surface area contributed by atoms with Crippen LogP contribution >= 0.6 is 11.6 Å². The molecule has 2 aromatic rings. The Balaban J connectivity index is 2.23. The summed E-state index contributed by atoms with van der Waals surface area (Å²) in [5, 5.41) is 9.38. The first kappa shape index (κ1) is 14.4. The molecule has 1 N–H and O–H groups in total. The van der Waals surface area contributed by atoms with Gasteiger partial charge in [-0.2, -0.15) is 0 Å². The van der Waals surface area contributed by atoms with Gasteiger partial charge in [0, 0.05) is 13.6 Å². The topological polar surface area (TPSA) is 40.5 Å². The van der Waals surface area contributed by atoms with Crippen LogP contribution in [0.15, 0.2) is 42.5 Å². The SMILES string of the molecule is Cc1ccccc1CN(C)c1ccc(C(=O)O)cc1Cl. The van der Waals surface area contributed by atoms with E-state index in [0.29, 0.717) is 5.02 Å². The fourth-order valence-electron chi connectivity index (χ4n) is 2.08. The number of carboxylic acid groups (broad SMARTS) is 1. The van der Waals surface area contributed by atoms with E-state index in [2.05, 4.69) is 19.1 Å². The minimum absolute atomic E-state index is 0.197. The average Bonchev–Trinajstić information content (AvgIpc) is 2.41. The lowest BCUT2D eigenvalue weighted by molar-refractivity contribution is 0.0697. The van der Waals surface area contributed by atoms with Gasteiger partial charge in [0.15, 0.2) is 0 Å².